The number of carbonyl (C=O) groups is 1. The molecule has 6 nitrogen and oxygen atoms in total. The SMILES string of the molecule is Cc1ccc2nc(N3C(=O)c4oc5ccccc5c(=O)c4C3c3ccc(O)cc3)sc2c1. The molecule has 156 valence electrons. The van der Waals surface area contributed by atoms with Crippen molar-refractivity contribution in [2.45, 2.75) is 13.0 Å². The molecule has 32 heavy (non-hydrogen) atoms. The van der Waals surface area contributed by atoms with Crippen LogP contribution in [0.2, 0.25) is 0 Å². The molecule has 1 amide bonds. The second-order valence-electron chi connectivity index (χ2n) is 7.81. The van der Waals surface area contributed by atoms with Gasteiger partial charge in [-0.15, -0.1) is 0 Å². The Labute approximate surface area is 186 Å². The highest BCUT2D eigenvalue weighted by molar-refractivity contribution is 7.22. The highest BCUT2D eigenvalue weighted by Gasteiger charge is 2.45. The van der Waals surface area contributed by atoms with Crippen molar-refractivity contribution < 1.29 is 14.3 Å². The Hall–Kier alpha value is -3.97. The van der Waals surface area contributed by atoms with Crippen LogP contribution < -0.4 is 10.3 Å². The first kappa shape index (κ1) is 18.8. The standard InChI is InChI=1S/C25H16N2O4S/c1-13-6-11-17-19(12-13)32-25(26-17)27-21(14-7-9-15(28)10-8-14)20-22(29)16-4-2-3-5-18(16)31-23(20)24(27)30/h2-12,21,28H,1H3. The van der Waals surface area contributed by atoms with Gasteiger partial charge in [-0.25, -0.2) is 4.98 Å². The molecular weight excluding hydrogens is 424 g/mol. The van der Waals surface area contributed by atoms with E-state index in [0.29, 0.717) is 21.7 Å². The molecule has 5 aromatic rings. The van der Waals surface area contributed by atoms with Crippen molar-refractivity contribution in [1.82, 2.24) is 4.98 Å². The van der Waals surface area contributed by atoms with Crippen LogP contribution in [0, 0.1) is 6.92 Å². The van der Waals surface area contributed by atoms with Crippen LogP contribution in [0.25, 0.3) is 21.2 Å². The predicted octanol–water partition coefficient (Wildman–Crippen LogP) is 5.17. The van der Waals surface area contributed by atoms with Gasteiger partial charge in [-0.2, -0.15) is 0 Å². The average Bonchev–Trinajstić information content (AvgIpc) is 3.33. The van der Waals surface area contributed by atoms with E-state index in [1.807, 2.05) is 25.1 Å². The van der Waals surface area contributed by atoms with Crippen LogP contribution in [0.5, 0.6) is 5.75 Å². The number of anilines is 1. The monoisotopic (exact) mass is 440 g/mol. The van der Waals surface area contributed by atoms with Gasteiger partial charge in [0.15, 0.2) is 10.6 Å². The third-order valence-corrected chi connectivity index (χ3v) is 6.74. The number of phenols is 1. The van der Waals surface area contributed by atoms with Crippen LogP contribution in [0.3, 0.4) is 0 Å². The smallest absolute Gasteiger partial charge is 0.297 e. The fourth-order valence-electron chi connectivity index (χ4n) is 4.21. The fourth-order valence-corrected chi connectivity index (χ4v) is 5.30. The molecule has 6 rings (SSSR count). The van der Waals surface area contributed by atoms with Crippen LogP contribution in [-0.2, 0) is 0 Å². The van der Waals surface area contributed by atoms with E-state index in [2.05, 4.69) is 0 Å². The van der Waals surface area contributed by atoms with Gasteiger partial charge in [0.2, 0.25) is 5.76 Å². The molecule has 1 atom stereocenters. The molecule has 0 aliphatic carbocycles. The number of rotatable bonds is 2. The molecule has 3 heterocycles. The molecule has 1 N–H and O–H groups in total. The summed E-state index contributed by atoms with van der Waals surface area (Å²) in [5, 5.41) is 10.7. The van der Waals surface area contributed by atoms with Crippen LogP contribution in [0.15, 0.2) is 75.9 Å². The van der Waals surface area contributed by atoms with Gasteiger partial charge < -0.3 is 9.52 Å². The lowest BCUT2D eigenvalue weighted by atomic mass is 9.98. The summed E-state index contributed by atoms with van der Waals surface area (Å²) in [5.74, 6) is -0.273. The van der Waals surface area contributed by atoms with Crippen molar-refractivity contribution in [1.29, 1.82) is 0 Å². The molecule has 2 aromatic heterocycles. The highest BCUT2D eigenvalue weighted by atomic mass is 32.1. The van der Waals surface area contributed by atoms with E-state index < -0.39 is 11.9 Å². The zero-order chi connectivity index (χ0) is 22.0. The average molecular weight is 440 g/mol. The van der Waals surface area contributed by atoms with Gasteiger partial charge in [-0.05, 0) is 54.4 Å². The van der Waals surface area contributed by atoms with Crippen molar-refractivity contribution in [3.05, 3.63) is 99.4 Å². The molecule has 3 aromatic carbocycles. The van der Waals surface area contributed by atoms with Crippen molar-refractivity contribution in [2.75, 3.05) is 4.90 Å². The molecule has 0 fully saturated rings. The van der Waals surface area contributed by atoms with E-state index in [1.54, 1.807) is 48.5 Å². The molecule has 1 unspecified atom stereocenters. The molecule has 1 aliphatic heterocycles. The quantitative estimate of drug-likeness (QED) is 0.410. The molecule has 1 aliphatic rings. The minimum atomic E-state index is -0.708. The summed E-state index contributed by atoms with van der Waals surface area (Å²) in [6, 6.07) is 18.6. The molecule has 7 heteroatoms. The fraction of sp³-hybridized carbons (Fsp3) is 0.0800. The van der Waals surface area contributed by atoms with E-state index in [9.17, 15) is 14.7 Å². The Kier molecular flexibility index (Phi) is 3.97. The number of aryl methyl sites for hydroxylation is 1. The second kappa shape index (κ2) is 6.77. The molecule has 0 radical (unpaired) electrons. The van der Waals surface area contributed by atoms with Crippen molar-refractivity contribution in [3.8, 4) is 5.75 Å². The van der Waals surface area contributed by atoms with Gasteiger partial charge in [0, 0.05) is 0 Å². The number of phenolic OH excluding ortho intramolecular Hbond substituents is 1. The number of fused-ring (bicyclic) bond motifs is 3. The molecule has 0 saturated carbocycles. The van der Waals surface area contributed by atoms with Gasteiger partial charge in [0.1, 0.15) is 11.3 Å². The Bertz CT molecular complexity index is 1600. The maximum atomic E-state index is 13.6. The lowest BCUT2D eigenvalue weighted by Gasteiger charge is -2.22. The normalized spacial score (nSPS) is 15.6. The number of aromatic hydroxyl groups is 1. The Morgan fingerprint density at radius 3 is 2.62 bits per heavy atom. The number of amides is 1. The zero-order valence-corrected chi connectivity index (χ0v) is 17.7. The van der Waals surface area contributed by atoms with Gasteiger partial charge in [-0.3, -0.25) is 14.5 Å². The third kappa shape index (κ3) is 2.68. The van der Waals surface area contributed by atoms with E-state index in [1.165, 1.54) is 16.2 Å². The van der Waals surface area contributed by atoms with Gasteiger partial charge in [0.25, 0.3) is 5.91 Å². The predicted molar refractivity (Wildman–Crippen MR) is 124 cm³/mol. The minimum absolute atomic E-state index is 0.0298. The number of carbonyl (C=O) groups excluding carboxylic acids is 1. The summed E-state index contributed by atoms with van der Waals surface area (Å²) < 4.78 is 6.91. The van der Waals surface area contributed by atoms with Crippen LogP contribution in [-0.4, -0.2) is 16.0 Å². The largest absolute Gasteiger partial charge is 0.508 e. The van der Waals surface area contributed by atoms with Crippen LogP contribution >= 0.6 is 11.3 Å². The molecule has 0 saturated heterocycles. The summed E-state index contributed by atoms with van der Waals surface area (Å²) in [6.45, 7) is 2.00. The Morgan fingerprint density at radius 1 is 1.03 bits per heavy atom. The number of para-hydroxylation sites is 1. The lowest BCUT2D eigenvalue weighted by molar-refractivity contribution is 0.0971. The first-order chi connectivity index (χ1) is 15.5. The molecular formula is C25H16N2O4S. The summed E-state index contributed by atoms with van der Waals surface area (Å²) in [4.78, 5) is 33.3. The number of nitrogens with zero attached hydrogens (tertiary/aromatic N) is 2. The Morgan fingerprint density at radius 2 is 1.81 bits per heavy atom. The van der Waals surface area contributed by atoms with Gasteiger partial charge >= 0.3 is 0 Å². The van der Waals surface area contributed by atoms with Crippen molar-refractivity contribution in [2.24, 2.45) is 0 Å². The van der Waals surface area contributed by atoms with E-state index in [0.717, 1.165) is 15.8 Å². The number of thiazole rings is 1. The number of hydrogen-bond donors (Lipinski definition) is 1. The van der Waals surface area contributed by atoms with Gasteiger partial charge in [-0.1, -0.05) is 41.7 Å². The third-order valence-electron chi connectivity index (χ3n) is 5.73. The molecule has 0 bridgehead atoms. The molecule has 0 spiro atoms. The highest BCUT2D eigenvalue weighted by Crippen LogP contribution is 2.43. The summed E-state index contributed by atoms with van der Waals surface area (Å²) in [6.07, 6.45) is 0. The topological polar surface area (TPSA) is 83.6 Å². The summed E-state index contributed by atoms with van der Waals surface area (Å²) in [5.41, 5.74) is 2.99. The lowest BCUT2D eigenvalue weighted by Crippen LogP contribution is -2.29. The van der Waals surface area contributed by atoms with E-state index in [-0.39, 0.29) is 22.5 Å². The van der Waals surface area contributed by atoms with E-state index in [4.69, 9.17) is 9.40 Å². The number of benzene rings is 3. The number of aromatic nitrogens is 1. The maximum absolute atomic E-state index is 13.6. The first-order valence-corrected chi connectivity index (χ1v) is 10.9. The summed E-state index contributed by atoms with van der Waals surface area (Å²) in [7, 11) is 0. The van der Waals surface area contributed by atoms with E-state index >= 15 is 0 Å². The van der Waals surface area contributed by atoms with Gasteiger partial charge in [0.05, 0.1) is 27.2 Å². The number of hydrogen-bond acceptors (Lipinski definition) is 6. The second-order valence-corrected chi connectivity index (χ2v) is 8.82. The van der Waals surface area contributed by atoms with Crippen molar-refractivity contribution >= 4 is 43.6 Å². The Balaban J connectivity index is 1.64. The van der Waals surface area contributed by atoms with Crippen LogP contribution in [0.1, 0.15) is 33.3 Å². The first-order valence-electron chi connectivity index (χ1n) is 10.1. The van der Waals surface area contributed by atoms with Crippen LogP contribution in [0.4, 0.5) is 5.13 Å². The summed E-state index contributed by atoms with van der Waals surface area (Å²) >= 11 is 1.40. The minimum Gasteiger partial charge on any atom is -0.508 e. The maximum Gasteiger partial charge on any atom is 0.297 e. The zero-order valence-electron chi connectivity index (χ0n) is 16.9. The van der Waals surface area contributed by atoms with Crippen molar-refractivity contribution in [3.63, 3.8) is 0 Å².